The molecule has 2 aromatic rings. The highest BCUT2D eigenvalue weighted by atomic mass is 16.5. The van der Waals surface area contributed by atoms with Crippen LogP contribution in [0.15, 0.2) is 34.9 Å². The Morgan fingerprint density at radius 3 is 2.36 bits per heavy atom. The van der Waals surface area contributed by atoms with E-state index >= 15 is 0 Å². The van der Waals surface area contributed by atoms with E-state index < -0.39 is 0 Å². The summed E-state index contributed by atoms with van der Waals surface area (Å²) in [7, 11) is 1.63. The Morgan fingerprint density at radius 1 is 1.03 bits per heavy atom. The summed E-state index contributed by atoms with van der Waals surface area (Å²) in [5, 5.41) is 3.08. The third-order valence-electron chi connectivity index (χ3n) is 6.88. The Kier molecular flexibility index (Phi) is 8.02. The molecule has 0 aliphatic heterocycles. The molecule has 2 saturated carbocycles. The van der Waals surface area contributed by atoms with E-state index in [1.54, 1.807) is 7.11 Å². The molecule has 7 nitrogen and oxygen atoms in total. The molecule has 7 heteroatoms. The number of hydrogen-bond acceptors (Lipinski definition) is 5. The van der Waals surface area contributed by atoms with Gasteiger partial charge in [0.1, 0.15) is 12.0 Å². The fraction of sp³-hybridized carbons (Fsp3) is 0.577. The van der Waals surface area contributed by atoms with Gasteiger partial charge in [-0.05, 0) is 43.4 Å². The number of amides is 2. The van der Waals surface area contributed by atoms with Gasteiger partial charge in [-0.1, -0.05) is 50.7 Å². The Balaban J connectivity index is 1.42. The van der Waals surface area contributed by atoms with Crippen LogP contribution in [0.5, 0.6) is 5.75 Å². The smallest absolute Gasteiger partial charge is 0.273 e. The maximum atomic E-state index is 13.3. The molecule has 2 aliphatic carbocycles. The van der Waals surface area contributed by atoms with Gasteiger partial charge in [0, 0.05) is 12.1 Å². The van der Waals surface area contributed by atoms with E-state index in [9.17, 15) is 9.59 Å². The van der Waals surface area contributed by atoms with Gasteiger partial charge in [0.25, 0.3) is 5.91 Å². The van der Waals surface area contributed by atoms with Crippen molar-refractivity contribution in [2.24, 2.45) is 0 Å². The highest BCUT2D eigenvalue weighted by Gasteiger charge is 2.28. The number of rotatable bonds is 8. The normalized spacial score (nSPS) is 17.5. The minimum atomic E-state index is -0.189. The van der Waals surface area contributed by atoms with Crippen molar-refractivity contribution in [3.63, 3.8) is 0 Å². The van der Waals surface area contributed by atoms with Crippen LogP contribution in [0.4, 0.5) is 0 Å². The van der Waals surface area contributed by atoms with Gasteiger partial charge in [0.2, 0.25) is 11.8 Å². The van der Waals surface area contributed by atoms with E-state index in [-0.39, 0.29) is 30.4 Å². The number of nitrogens with zero attached hydrogens (tertiary/aromatic N) is 2. The summed E-state index contributed by atoms with van der Waals surface area (Å²) in [5.41, 5.74) is 1.24. The Labute approximate surface area is 195 Å². The zero-order chi connectivity index (χ0) is 23.0. The molecule has 0 spiro atoms. The number of hydrogen-bond donors (Lipinski definition) is 1. The first-order valence-electron chi connectivity index (χ1n) is 12.3. The molecule has 178 valence electrons. The molecule has 0 bridgehead atoms. The Hall–Kier alpha value is -2.83. The molecule has 0 radical (unpaired) electrons. The van der Waals surface area contributed by atoms with E-state index in [1.165, 1.54) is 19.1 Å². The molecule has 1 aromatic carbocycles. The predicted octanol–water partition coefficient (Wildman–Crippen LogP) is 4.65. The third kappa shape index (κ3) is 6.36. The van der Waals surface area contributed by atoms with E-state index in [4.69, 9.17) is 9.15 Å². The van der Waals surface area contributed by atoms with Gasteiger partial charge in [0.05, 0.1) is 20.1 Å². The average molecular weight is 454 g/mol. The topological polar surface area (TPSA) is 84.7 Å². The minimum absolute atomic E-state index is 0.0541. The van der Waals surface area contributed by atoms with Crippen molar-refractivity contribution in [2.45, 2.75) is 89.3 Å². The number of ether oxygens (including phenoxy) is 1. The van der Waals surface area contributed by atoms with E-state index in [2.05, 4.69) is 10.3 Å². The number of carbonyl (C=O) groups excluding carboxylic acids is 2. The first-order chi connectivity index (χ1) is 16.1. The van der Waals surface area contributed by atoms with Crippen LogP contribution in [-0.4, -0.2) is 40.9 Å². The highest BCUT2D eigenvalue weighted by molar-refractivity contribution is 5.92. The first-order valence-corrected chi connectivity index (χ1v) is 12.3. The van der Waals surface area contributed by atoms with Gasteiger partial charge in [-0.25, -0.2) is 4.98 Å². The molecule has 2 aliphatic rings. The Bertz CT molecular complexity index is 912. The van der Waals surface area contributed by atoms with Crippen molar-refractivity contribution in [3.05, 3.63) is 47.7 Å². The lowest BCUT2D eigenvalue weighted by Gasteiger charge is -2.33. The van der Waals surface area contributed by atoms with Crippen molar-refractivity contribution < 1.29 is 18.7 Å². The number of oxazole rings is 1. The predicted molar refractivity (Wildman–Crippen MR) is 125 cm³/mol. The number of methoxy groups -OCH3 is 1. The standard InChI is InChI=1S/C26H35N3O4/c1-32-22-14-12-19(13-15-22)16-25(30)29(21-10-6-3-7-11-21)17-24-28-23(18-33-24)26(31)27-20-8-4-2-5-9-20/h12-15,18,20-21H,2-11,16-17H2,1H3,(H,27,31). The summed E-state index contributed by atoms with van der Waals surface area (Å²) in [4.78, 5) is 32.3. The number of benzene rings is 1. The van der Waals surface area contributed by atoms with Crippen molar-refractivity contribution in [3.8, 4) is 5.75 Å². The molecule has 4 rings (SSSR count). The molecule has 1 N–H and O–H groups in total. The maximum absolute atomic E-state index is 13.3. The van der Waals surface area contributed by atoms with Crippen molar-refractivity contribution in [1.82, 2.24) is 15.2 Å². The molecule has 2 fully saturated rings. The molecule has 1 heterocycles. The zero-order valence-corrected chi connectivity index (χ0v) is 19.6. The lowest BCUT2D eigenvalue weighted by Crippen LogP contribution is -2.42. The minimum Gasteiger partial charge on any atom is -0.497 e. The van der Waals surface area contributed by atoms with Crippen LogP contribution >= 0.6 is 0 Å². The van der Waals surface area contributed by atoms with E-state index in [0.717, 1.165) is 62.7 Å². The van der Waals surface area contributed by atoms with Gasteiger partial charge >= 0.3 is 0 Å². The van der Waals surface area contributed by atoms with Gasteiger partial charge in [-0.2, -0.15) is 0 Å². The van der Waals surface area contributed by atoms with E-state index in [0.29, 0.717) is 18.0 Å². The summed E-state index contributed by atoms with van der Waals surface area (Å²) in [5.74, 6) is 1.05. The van der Waals surface area contributed by atoms with Crippen LogP contribution < -0.4 is 10.1 Å². The van der Waals surface area contributed by atoms with Crippen LogP contribution in [0.3, 0.4) is 0 Å². The summed E-state index contributed by atoms with van der Waals surface area (Å²) < 4.78 is 10.9. The largest absolute Gasteiger partial charge is 0.497 e. The third-order valence-corrected chi connectivity index (χ3v) is 6.88. The van der Waals surface area contributed by atoms with Crippen LogP contribution in [0.1, 0.15) is 86.2 Å². The van der Waals surface area contributed by atoms with Crippen molar-refractivity contribution >= 4 is 11.8 Å². The van der Waals surface area contributed by atoms with Crippen LogP contribution in [0.25, 0.3) is 0 Å². The van der Waals surface area contributed by atoms with Gasteiger partial charge < -0.3 is 19.4 Å². The summed E-state index contributed by atoms with van der Waals surface area (Å²) in [6.07, 6.45) is 12.8. The van der Waals surface area contributed by atoms with Gasteiger partial charge in [-0.15, -0.1) is 0 Å². The first kappa shape index (κ1) is 23.3. The van der Waals surface area contributed by atoms with E-state index in [1.807, 2.05) is 29.2 Å². The maximum Gasteiger partial charge on any atom is 0.273 e. The second-order valence-electron chi connectivity index (χ2n) is 9.27. The van der Waals surface area contributed by atoms with Gasteiger partial charge in [0.15, 0.2) is 5.69 Å². The fourth-order valence-electron chi connectivity index (χ4n) is 4.97. The lowest BCUT2D eigenvalue weighted by molar-refractivity contribution is -0.134. The molecular weight excluding hydrogens is 418 g/mol. The zero-order valence-electron chi connectivity index (χ0n) is 19.6. The molecule has 33 heavy (non-hydrogen) atoms. The van der Waals surface area contributed by atoms with Crippen LogP contribution in [0, 0.1) is 0 Å². The van der Waals surface area contributed by atoms with Gasteiger partial charge in [-0.3, -0.25) is 9.59 Å². The summed E-state index contributed by atoms with van der Waals surface area (Å²) >= 11 is 0. The van der Waals surface area contributed by atoms with Crippen molar-refractivity contribution in [2.75, 3.05) is 7.11 Å². The quantitative estimate of drug-likeness (QED) is 0.629. The molecular formula is C26H35N3O4. The fourth-order valence-corrected chi connectivity index (χ4v) is 4.97. The monoisotopic (exact) mass is 453 g/mol. The second-order valence-corrected chi connectivity index (χ2v) is 9.27. The number of aromatic nitrogens is 1. The summed E-state index contributed by atoms with van der Waals surface area (Å²) in [6.45, 7) is 0.288. The Morgan fingerprint density at radius 2 is 1.70 bits per heavy atom. The van der Waals surface area contributed by atoms with Crippen LogP contribution in [-0.2, 0) is 17.8 Å². The second kappa shape index (κ2) is 11.3. The summed E-state index contributed by atoms with van der Waals surface area (Å²) in [6, 6.07) is 7.99. The van der Waals surface area contributed by atoms with Crippen LogP contribution in [0.2, 0.25) is 0 Å². The average Bonchev–Trinajstić information content (AvgIpc) is 3.33. The molecule has 0 atom stereocenters. The molecule has 1 aromatic heterocycles. The molecule has 0 saturated heterocycles. The molecule has 0 unspecified atom stereocenters. The molecule has 2 amide bonds. The van der Waals surface area contributed by atoms with Crippen molar-refractivity contribution in [1.29, 1.82) is 0 Å². The lowest BCUT2D eigenvalue weighted by atomic mass is 9.93. The SMILES string of the molecule is COc1ccc(CC(=O)N(Cc2nc(C(=O)NC3CCCCC3)co2)C2CCCCC2)cc1. The number of carbonyl (C=O) groups is 2. The highest BCUT2D eigenvalue weighted by Crippen LogP contribution is 2.25. The number of nitrogens with one attached hydrogen (secondary N) is 1.